The molecule has 0 spiro atoms. The summed E-state index contributed by atoms with van der Waals surface area (Å²) in [5, 5.41) is 8.79. The van der Waals surface area contributed by atoms with E-state index in [0.29, 0.717) is 13.2 Å². The van der Waals surface area contributed by atoms with Crippen molar-refractivity contribution < 1.29 is 14.6 Å². The number of hydrogen-bond donors (Lipinski definition) is 2. The molecule has 1 aromatic rings. The number of likely N-dealkylation sites (tertiary alicyclic amines) is 1. The van der Waals surface area contributed by atoms with Crippen LogP contribution in [0.1, 0.15) is 24.0 Å². The fourth-order valence-electron chi connectivity index (χ4n) is 2.78. The molecular formula is C16H26N2O3. The Bertz CT molecular complexity index is 432. The fraction of sp³-hybridized carbons (Fsp3) is 0.625. The van der Waals surface area contributed by atoms with Gasteiger partial charge >= 0.3 is 0 Å². The van der Waals surface area contributed by atoms with Gasteiger partial charge in [0.2, 0.25) is 0 Å². The van der Waals surface area contributed by atoms with Gasteiger partial charge in [-0.3, -0.25) is 4.90 Å². The molecule has 1 aromatic carbocycles. The molecule has 0 atom stereocenters. The summed E-state index contributed by atoms with van der Waals surface area (Å²) >= 11 is 0. The van der Waals surface area contributed by atoms with Crippen molar-refractivity contribution in [2.45, 2.75) is 32.0 Å². The van der Waals surface area contributed by atoms with Crippen LogP contribution in [0.2, 0.25) is 0 Å². The molecule has 21 heavy (non-hydrogen) atoms. The van der Waals surface area contributed by atoms with Gasteiger partial charge in [0.15, 0.2) is 0 Å². The molecular weight excluding hydrogens is 268 g/mol. The topological polar surface area (TPSA) is 68.0 Å². The van der Waals surface area contributed by atoms with Gasteiger partial charge in [-0.1, -0.05) is 6.07 Å². The summed E-state index contributed by atoms with van der Waals surface area (Å²) < 4.78 is 11.0. The Labute approximate surface area is 126 Å². The lowest BCUT2D eigenvalue weighted by atomic mass is 10.0. The number of ether oxygens (including phenoxy) is 2. The number of aliphatic hydroxyl groups excluding tert-OH is 1. The van der Waals surface area contributed by atoms with E-state index in [-0.39, 0.29) is 12.7 Å². The summed E-state index contributed by atoms with van der Waals surface area (Å²) in [6.07, 6.45) is 2.31. The van der Waals surface area contributed by atoms with E-state index in [4.69, 9.17) is 20.3 Å². The molecule has 1 aliphatic rings. The van der Waals surface area contributed by atoms with Crippen molar-refractivity contribution in [2.75, 3.05) is 33.4 Å². The minimum Gasteiger partial charge on any atom is -0.496 e. The Morgan fingerprint density at radius 3 is 2.71 bits per heavy atom. The first-order valence-electron chi connectivity index (χ1n) is 7.57. The highest BCUT2D eigenvalue weighted by molar-refractivity contribution is 5.37. The van der Waals surface area contributed by atoms with E-state index in [0.717, 1.165) is 43.8 Å². The molecule has 1 heterocycles. The van der Waals surface area contributed by atoms with Gasteiger partial charge in [-0.2, -0.15) is 0 Å². The van der Waals surface area contributed by atoms with Gasteiger partial charge in [0, 0.05) is 31.7 Å². The number of nitrogens with zero attached hydrogens (tertiary/aromatic N) is 1. The Morgan fingerprint density at radius 2 is 2.10 bits per heavy atom. The summed E-state index contributed by atoms with van der Waals surface area (Å²) in [6.45, 7) is 3.98. The van der Waals surface area contributed by atoms with Gasteiger partial charge in [-0.05, 0) is 30.5 Å². The molecule has 1 saturated heterocycles. The lowest BCUT2D eigenvalue weighted by molar-refractivity contribution is -0.00909. The van der Waals surface area contributed by atoms with E-state index < -0.39 is 0 Å². The van der Waals surface area contributed by atoms with Crippen molar-refractivity contribution in [3.8, 4) is 5.75 Å². The minimum absolute atomic E-state index is 0.100. The molecule has 0 radical (unpaired) electrons. The molecule has 0 bridgehead atoms. The van der Waals surface area contributed by atoms with Crippen molar-refractivity contribution in [1.82, 2.24) is 4.90 Å². The van der Waals surface area contributed by atoms with Gasteiger partial charge < -0.3 is 20.3 Å². The average Bonchev–Trinajstić information content (AvgIpc) is 2.54. The minimum atomic E-state index is 0.100. The lowest BCUT2D eigenvalue weighted by Gasteiger charge is -2.32. The van der Waals surface area contributed by atoms with Gasteiger partial charge in [0.1, 0.15) is 5.75 Å². The summed E-state index contributed by atoms with van der Waals surface area (Å²) in [4.78, 5) is 2.41. The van der Waals surface area contributed by atoms with Gasteiger partial charge in [-0.15, -0.1) is 0 Å². The third-order valence-electron chi connectivity index (χ3n) is 3.95. The van der Waals surface area contributed by atoms with E-state index in [1.807, 2.05) is 12.1 Å². The van der Waals surface area contributed by atoms with Crippen molar-refractivity contribution >= 4 is 0 Å². The third-order valence-corrected chi connectivity index (χ3v) is 3.95. The number of rotatable bonds is 7. The molecule has 5 nitrogen and oxygen atoms in total. The fourth-order valence-corrected chi connectivity index (χ4v) is 2.78. The second-order valence-electron chi connectivity index (χ2n) is 5.42. The van der Waals surface area contributed by atoms with Crippen LogP contribution in [0.3, 0.4) is 0 Å². The second kappa shape index (κ2) is 8.34. The lowest BCUT2D eigenvalue weighted by Crippen LogP contribution is -2.37. The average molecular weight is 294 g/mol. The summed E-state index contributed by atoms with van der Waals surface area (Å²) in [6, 6.07) is 6.14. The maximum Gasteiger partial charge on any atom is 0.123 e. The van der Waals surface area contributed by atoms with Gasteiger partial charge in [0.25, 0.3) is 0 Å². The third kappa shape index (κ3) is 4.68. The van der Waals surface area contributed by atoms with Crippen molar-refractivity contribution in [2.24, 2.45) is 5.73 Å². The first kappa shape index (κ1) is 16.2. The zero-order valence-corrected chi connectivity index (χ0v) is 12.8. The maximum atomic E-state index is 8.79. The van der Waals surface area contributed by atoms with Crippen LogP contribution in [0.15, 0.2) is 18.2 Å². The monoisotopic (exact) mass is 294 g/mol. The second-order valence-corrected chi connectivity index (χ2v) is 5.42. The maximum absolute atomic E-state index is 8.79. The van der Waals surface area contributed by atoms with E-state index >= 15 is 0 Å². The van der Waals surface area contributed by atoms with E-state index in [1.54, 1.807) is 7.11 Å². The largest absolute Gasteiger partial charge is 0.496 e. The summed E-state index contributed by atoms with van der Waals surface area (Å²) in [5.74, 6) is 0.922. The molecule has 1 aliphatic heterocycles. The smallest absolute Gasteiger partial charge is 0.123 e. The van der Waals surface area contributed by atoms with E-state index in [2.05, 4.69) is 11.0 Å². The molecule has 0 aromatic heterocycles. The molecule has 5 heteroatoms. The van der Waals surface area contributed by atoms with Crippen LogP contribution in [-0.2, 0) is 17.8 Å². The number of nitrogens with two attached hydrogens (primary N) is 1. The number of benzene rings is 1. The van der Waals surface area contributed by atoms with Crippen molar-refractivity contribution in [3.05, 3.63) is 29.3 Å². The van der Waals surface area contributed by atoms with Gasteiger partial charge in [-0.25, -0.2) is 0 Å². The molecule has 0 amide bonds. The standard InChI is InChI=1S/C16H26N2O3/c1-20-16-3-2-13(11-17)10-14(16)12-18-6-4-15(5-7-18)21-9-8-19/h2-3,10,15,19H,4-9,11-12,17H2,1H3. The molecule has 3 N–H and O–H groups in total. The summed E-state index contributed by atoms with van der Waals surface area (Å²) in [5.41, 5.74) is 8.04. The zero-order valence-electron chi connectivity index (χ0n) is 12.8. The van der Waals surface area contributed by atoms with Crippen LogP contribution < -0.4 is 10.5 Å². The van der Waals surface area contributed by atoms with E-state index in [9.17, 15) is 0 Å². The van der Waals surface area contributed by atoms with Crippen LogP contribution in [0.25, 0.3) is 0 Å². The molecule has 0 unspecified atom stereocenters. The Morgan fingerprint density at radius 1 is 1.33 bits per heavy atom. The van der Waals surface area contributed by atoms with Crippen LogP contribution in [0, 0.1) is 0 Å². The SMILES string of the molecule is COc1ccc(CN)cc1CN1CCC(OCCO)CC1. The zero-order chi connectivity index (χ0) is 15.1. The highest BCUT2D eigenvalue weighted by Gasteiger charge is 2.20. The molecule has 2 rings (SSSR count). The Kier molecular flexibility index (Phi) is 6.45. The van der Waals surface area contributed by atoms with Crippen molar-refractivity contribution in [1.29, 1.82) is 0 Å². The van der Waals surface area contributed by atoms with Crippen LogP contribution in [0.5, 0.6) is 5.75 Å². The molecule has 0 aliphatic carbocycles. The number of methoxy groups -OCH3 is 1. The van der Waals surface area contributed by atoms with Crippen molar-refractivity contribution in [3.63, 3.8) is 0 Å². The predicted molar refractivity (Wildman–Crippen MR) is 82.2 cm³/mol. The van der Waals surface area contributed by atoms with E-state index in [1.165, 1.54) is 5.56 Å². The van der Waals surface area contributed by atoms with Gasteiger partial charge in [0.05, 0.1) is 26.4 Å². The highest BCUT2D eigenvalue weighted by atomic mass is 16.5. The summed E-state index contributed by atoms with van der Waals surface area (Å²) in [7, 11) is 1.70. The molecule has 118 valence electrons. The molecule has 0 saturated carbocycles. The van der Waals surface area contributed by atoms with Crippen LogP contribution in [0.4, 0.5) is 0 Å². The van der Waals surface area contributed by atoms with Crippen LogP contribution >= 0.6 is 0 Å². The highest BCUT2D eigenvalue weighted by Crippen LogP contribution is 2.23. The molecule has 1 fully saturated rings. The predicted octanol–water partition coefficient (Wildman–Crippen LogP) is 1.13. The normalized spacial score (nSPS) is 17.1. The quantitative estimate of drug-likeness (QED) is 0.789. The van der Waals surface area contributed by atoms with Crippen LogP contribution in [-0.4, -0.2) is 49.5 Å². The number of hydrogen-bond acceptors (Lipinski definition) is 5. The number of aliphatic hydroxyl groups is 1. The Hall–Kier alpha value is -1.14. The first-order valence-corrected chi connectivity index (χ1v) is 7.57. The number of piperidine rings is 1. The Balaban J connectivity index is 1.90. The first-order chi connectivity index (χ1) is 10.3.